The summed E-state index contributed by atoms with van der Waals surface area (Å²) in [5.74, 6) is 0.560. The average molecular weight is 349 g/mol. The van der Waals surface area contributed by atoms with Crippen molar-refractivity contribution >= 4 is 28.9 Å². The van der Waals surface area contributed by atoms with Crippen molar-refractivity contribution in [2.24, 2.45) is 10.7 Å². The number of benzene rings is 1. The molecule has 0 unspecified atom stereocenters. The van der Waals surface area contributed by atoms with Crippen LogP contribution in [0.4, 0.5) is 0 Å². The molecule has 1 heterocycles. The summed E-state index contributed by atoms with van der Waals surface area (Å²) in [7, 11) is 0. The number of nitrogens with one attached hydrogen (secondary N) is 1. The smallest absolute Gasteiger partial charge is 0.188 e. The highest BCUT2D eigenvalue weighted by molar-refractivity contribution is 7.13. The van der Waals surface area contributed by atoms with Crippen LogP contribution in [0, 0.1) is 0 Å². The molecule has 0 radical (unpaired) electrons. The molecule has 0 saturated heterocycles. The van der Waals surface area contributed by atoms with Crippen LogP contribution in [-0.2, 0) is 6.42 Å². The Balaban J connectivity index is 1.51. The molecule has 0 bridgehead atoms. The first-order chi connectivity index (χ1) is 11.2. The largest absolute Gasteiger partial charge is 0.370 e. The molecule has 2 aromatic rings. The molecule has 0 aliphatic heterocycles. The number of rotatable bonds is 5. The Morgan fingerprint density at radius 2 is 2.04 bits per heavy atom. The third-order valence-corrected chi connectivity index (χ3v) is 5.19. The van der Waals surface area contributed by atoms with Gasteiger partial charge >= 0.3 is 0 Å². The van der Waals surface area contributed by atoms with Crippen LogP contribution in [-0.4, -0.2) is 23.5 Å². The Hall–Kier alpha value is -1.59. The average Bonchev–Trinajstić information content (AvgIpc) is 3.20. The van der Waals surface area contributed by atoms with Crippen LogP contribution < -0.4 is 11.1 Å². The SMILES string of the molecule is NC(=NCCc1csc(-c2ccc(Cl)cc2)n1)NC1CCCC1. The Bertz CT molecular complexity index is 659. The first-order valence-electron chi connectivity index (χ1n) is 7.97. The summed E-state index contributed by atoms with van der Waals surface area (Å²) >= 11 is 7.56. The molecule has 1 saturated carbocycles. The summed E-state index contributed by atoms with van der Waals surface area (Å²) in [6, 6.07) is 8.27. The van der Waals surface area contributed by atoms with Crippen molar-refractivity contribution in [3.8, 4) is 10.6 Å². The number of thiazole rings is 1. The molecule has 23 heavy (non-hydrogen) atoms. The zero-order valence-electron chi connectivity index (χ0n) is 13.0. The number of aliphatic imine (C=N–C) groups is 1. The van der Waals surface area contributed by atoms with Crippen molar-refractivity contribution in [2.45, 2.75) is 38.1 Å². The van der Waals surface area contributed by atoms with E-state index in [1.807, 2.05) is 24.3 Å². The van der Waals surface area contributed by atoms with Crippen molar-refractivity contribution in [2.75, 3.05) is 6.54 Å². The zero-order valence-corrected chi connectivity index (χ0v) is 14.5. The molecule has 1 aromatic carbocycles. The standard InChI is InChI=1S/C17H21ClN4S/c18-13-7-5-12(6-8-13)16-21-15(11-23-16)9-10-20-17(19)22-14-3-1-2-4-14/h5-8,11,14H,1-4,9-10H2,(H3,19,20,22). The molecule has 1 aliphatic carbocycles. The van der Waals surface area contributed by atoms with E-state index in [1.54, 1.807) is 11.3 Å². The van der Waals surface area contributed by atoms with Gasteiger partial charge in [0.1, 0.15) is 5.01 Å². The van der Waals surface area contributed by atoms with Gasteiger partial charge in [-0.3, -0.25) is 4.99 Å². The van der Waals surface area contributed by atoms with Gasteiger partial charge in [-0.2, -0.15) is 0 Å². The van der Waals surface area contributed by atoms with E-state index >= 15 is 0 Å². The van der Waals surface area contributed by atoms with Gasteiger partial charge < -0.3 is 11.1 Å². The predicted molar refractivity (Wildman–Crippen MR) is 98.1 cm³/mol. The minimum Gasteiger partial charge on any atom is -0.370 e. The van der Waals surface area contributed by atoms with E-state index in [4.69, 9.17) is 17.3 Å². The fourth-order valence-corrected chi connectivity index (χ4v) is 3.75. The summed E-state index contributed by atoms with van der Waals surface area (Å²) < 4.78 is 0. The highest BCUT2D eigenvalue weighted by Gasteiger charge is 2.14. The van der Waals surface area contributed by atoms with Crippen molar-refractivity contribution in [3.63, 3.8) is 0 Å². The summed E-state index contributed by atoms with van der Waals surface area (Å²) in [6.07, 6.45) is 5.78. The second-order valence-electron chi connectivity index (χ2n) is 5.79. The number of nitrogens with zero attached hydrogens (tertiary/aromatic N) is 2. The third kappa shape index (κ3) is 4.69. The first kappa shape index (κ1) is 16.3. The highest BCUT2D eigenvalue weighted by atomic mass is 35.5. The summed E-state index contributed by atoms with van der Waals surface area (Å²) in [4.78, 5) is 9.06. The van der Waals surface area contributed by atoms with E-state index < -0.39 is 0 Å². The molecule has 1 fully saturated rings. The minimum absolute atomic E-state index is 0.509. The van der Waals surface area contributed by atoms with Gasteiger partial charge in [-0.05, 0) is 25.0 Å². The number of guanidine groups is 1. The van der Waals surface area contributed by atoms with Crippen LogP contribution in [0.5, 0.6) is 0 Å². The number of hydrogen-bond donors (Lipinski definition) is 2. The Morgan fingerprint density at radius 1 is 1.30 bits per heavy atom. The topological polar surface area (TPSA) is 63.3 Å². The minimum atomic E-state index is 0.509. The van der Waals surface area contributed by atoms with E-state index in [9.17, 15) is 0 Å². The lowest BCUT2D eigenvalue weighted by Crippen LogP contribution is -2.38. The normalized spacial score (nSPS) is 16.0. The molecule has 0 amide bonds. The van der Waals surface area contributed by atoms with Gasteiger partial charge in [0, 0.05) is 35.0 Å². The maximum Gasteiger partial charge on any atom is 0.188 e. The van der Waals surface area contributed by atoms with E-state index in [-0.39, 0.29) is 0 Å². The molecule has 3 rings (SSSR count). The van der Waals surface area contributed by atoms with Gasteiger partial charge in [-0.25, -0.2) is 4.98 Å². The fraction of sp³-hybridized carbons (Fsp3) is 0.412. The maximum atomic E-state index is 5.94. The van der Waals surface area contributed by atoms with Gasteiger partial charge in [0.05, 0.1) is 5.69 Å². The third-order valence-electron chi connectivity index (χ3n) is 4.00. The van der Waals surface area contributed by atoms with Crippen molar-refractivity contribution in [1.29, 1.82) is 0 Å². The van der Waals surface area contributed by atoms with Gasteiger partial charge in [-0.1, -0.05) is 36.6 Å². The lowest BCUT2D eigenvalue weighted by atomic mass is 10.2. The number of hydrogen-bond acceptors (Lipinski definition) is 3. The molecule has 6 heteroatoms. The summed E-state index contributed by atoms with van der Waals surface area (Å²) in [6.45, 7) is 0.662. The molecule has 1 aromatic heterocycles. The quantitative estimate of drug-likeness (QED) is 0.637. The predicted octanol–water partition coefficient (Wildman–Crippen LogP) is 3.85. The van der Waals surface area contributed by atoms with Gasteiger partial charge in [0.25, 0.3) is 0 Å². The van der Waals surface area contributed by atoms with E-state index in [0.717, 1.165) is 27.7 Å². The van der Waals surface area contributed by atoms with E-state index in [0.29, 0.717) is 18.5 Å². The van der Waals surface area contributed by atoms with Crippen molar-refractivity contribution in [1.82, 2.24) is 10.3 Å². The lowest BCUT2D eigenvalue weighted by molar-refractivity contribution is 0.625. The second kappa shape index (κ2) is 7.79. The Kier molecular flexibility index (Phi) is 5.51. The molecule has 0 atom stereocenters. The summed E-state index contributed by atoms with van der Waals surface area (Å²) in [5, 5.41) is 7.13. The zero-order chi connectivity index (χ0) is 16.1. The first-order valence-corrected chi connectivity index (χ1v) is 9.23. The van der Waals surface area contributed by atoms with Gasteiger partial charge in [0.15, 0.2) is 5.96 Å². The Morgan fingerprint density at radius 3 is 2.78 bits per heavy atom. The van der Waals surface area contributed by atoms with Crippen LogP contribution in [0.15, 0.2) is 34.6 Å². The molecule has 122 valence electrons. The molecule has 1 aliphatic rings. The molecule has 4 nitrogen and oxygen atoms in total. The van der Waals surface area contributed by atoms with Crippen LogP contribution >= 0.6 is 22.9 Å². The maximum absolute atomic E-state index is 5.94. The highest BCUT2D eigenvalue weighted by Crippen LogP contribution is 2.25. The second-order valence-corrected chi connectivity index (χ2v) is 7.09. The molecular weight excluding hydrogens is 328 g/mol. The van der Waals surface area contributed by atoms with E-state index in [1.165, 1.54) is 25.7 Å². The van der Waals surface area contributed by atoms with E-state index in [2.05, 4.69) is 20.7 Å². The lowest BCUT2D eigenvalue weighted by Gasteiger charge is -2.11. The number of halogens is 1. The molecule has 3 N–H and O–H groups in total. The number of nitrogens with two attached hydrogens (primary N) is 1. The summed E-state index contributed by atoms with van der Waals surface area (Å²) in [5.41, 5.74) is 8.08. The molecular formula is C17H21ClN4S. The van der Waals surface area contributed by atoms with Gasteiger partial charge in [-0.15, -0.1) is 11.3 Å². The van der Waals surface area contributed by atoms with Crippen LogP contribution in [0.25, 0.3) is 10.6 Å². The monoisotopic (exact) mass is 348 g/mol. The Labute approximate surface area is 145 Å². The number of aromatic nitrogens is 1. The fourth-order valence-electron chi connectivity index (χ4n) is 2.76. The van der Waals surface area contributed by atoms with Crippen LogP contribution in [0.3, 0.4) is 0 Å². The van der Waals surface area contributed by atoms with Crippen LogP contribution in [0.1, 0.15) is 31.4 Å². The van der Waals surface area contributed by atoms with Crippen molar-refractivity contribution < 1.29 is 0 Å². The molecule has 0 spiro atoms. The van der Waals surface area contributed by atoms with Crippen molar-refractivity contribution in [3.05, 3.63) is 40.4 Å². The van der Waals surface area contributed by atoms with Gasteiger partial charge in [0.2, 0.25) is 0 Å². The van der Waals surface area contributed by atoms with Crippen LogP contribution in [0.2, 0.25) is 5.02 Å².